The smallest absolute Gasteiger partial charge is 0.255 e. The standard InChI is InChI=1S/C21H28FN3O5S/c1-13-4-5-17(16(22)8-13)23-19-14(2)20(28)25(3)10-18(19)24-31(29,30)21(6-7-21)9-15(11-26)12-27/h4-5,8,10,15,23-24,26-27H,6-7,9,11-12H2,1-3H3. The van der Waals surface area contributed by atoms with Crippen LogP contribution in [0.15, 0.2) is 29.2 Å². The predicted octanol–water partition coefficient (Wildman–Crippen LogP) is 2.15. The van der Waals surface area contributed by atoms with E-state index in [1.54, 1.807) is 13.0 Å². The number of nitrogens with zero attached hydrogens (tertiary/aromatic N) is 1. The molecule has 1 heterocycles. The van der Waals surface area contributed by atoms with Gasteiger partial charge < -0.3 is 20.1 Å². The Labute approximate surface area is 180 Å². The summed E-state index contributed by atoms with van der Waals surface area (Å²) >= 11 is 0. The zero-order valence-corrected chi connectivity index (χ0v) is 18.6. The van der Waals surface area contributed by atoms with E-state index in [4.69, 9.17) is 0 Å². The van der Waals surface area contributed by atoms with Gasteiger partial charge in [-0.2, -0.15) is 0 Å². The van der Waals surface area contributed by atoms with Crippen molar-refractivity contribution in [3.63, 3.8) is 0 Å². The van der Waals surface area contributed by atoms with Crippen LogP contribution in [0.3, 0.4) is 0 Å². The number of nitrogens with one attached hydrogen (secondary N) is 2. The number of pyridine rings is 1. The molecule has 0 aliphatic heterocycles. The number of rotatable bonds is 9. The molecule has 31 heavy (non-hydrogen) atoms. The van der Waals surface area contributed by atoms with Crippen LogP contribution >= 0.6 is 0 Å². The molecule has 2 aromatic rings. The minimum Gasteiger partial charge on any atom is -0.396 e. The molecule has 1 saturated carbocycles. The van der Waals surface area contributed by atoms with E-state index in [1.807, 2.05) is 0 Å². The lowest BCUT2D eigenvalue weighted by Gasteiger charge is -2.23. The number of benzene rings is 1. The Morgan fingerprint density at radius 1 is 1.19 bits per heavy atom. The summed E-state index contributed by atoms with van der Waals surface area (Å²) in [5.74, 6) is -1.07. The van der Waals surface area contributed by atoms with E-state index in [0.29, 0.717) is 12.8 Å². The molecule has 10 heteroatoms. The zero-order chi connectivity index (χ0) is 23.0. The van der Waals surface area contributed by atoms with E-state index in [9.17, 15) is 27.8 Å². The highest BCUT2D eigenvalue weighted by atomic mass is 32.2. The van der Waals surface area contributed by atoms with Crippen molar-refractivity contribution in [3.05, 3.63) is 51.7 Å². The largest absolute Gasteiger partial charge is 0.396 e. The highest BCUT2D eigenvalue weighted by molar-refractivity contribution is 7.94. The first-order valence-electron chi connectivity index (χ1n) is 10.0. The molecule has 3 rings (SSSR count). The molecule has 8 nitrogen and oxygen atoms in total. The molecular weight excluding hydrogens is 425 g/mol. The summed E-state index contributed by atoms with van der Waals surface area (Å²) in [6.45, 7) is 2.66. The van der Waals surface area contributed by atoms with E-state index in [2.05, 4.69) is 10.0 Å². The van der Waals surface area contributed by atoms with Gasteiger partial charge in [0, 0.05) is 37.9 Å². The maximum Gasteiger partial charge on any atom is 0.255 e. The number of anilines is 3. The van der Waals surface area contributed by atoms with Crippen molar-refractivity contribution in [2.24, 2.45) is 13.0 Å². The molecule has 1 aromatic carbocycles. The first kappa shape index (κ1) is 23.2. The molecule has 0 saturated heterocycles. The average molecular weight is 454 g/mol. The third-order valence-corrected chi connectivity index (χ3v) is 8.00. The Morgan fingerprint density at radius 2 is 1.84 bits per heavy atom. The number of aliphatic hydroxyl groups is 2. The number of halogens is 1. The van der Waals surface area contributed by atoms with Crippen LogP contribution < -0.4 is 15.6 Å². The highest BCUT2D eigenvalue weighted by Gasteiger charge is 2.55. The van der Waals surface area contributed by atoms with Crippen molar-refractivity contribution in [2.75, 3.05) is 23.3 Å². The summed E-state index contributed by atoms with van der Waals surface area (Å²) in [5, 5.41) is 21.6. The number of sulfonamides is 1. The van der Waals surface area contributed by atoms with Gasteiger partial charge in [-0.1, -0.05) is 6.07 Å². The molecule has 1 aromatic heterocycles. The molecule has 1 aliphatic rings. The van der Waals surface area contributed by atoms with Gasteiger partial charge in [0.2, 0.25) is 10.0 Å². The van der Waals surface area contributed by atoms with Gasteiger partial charge in [0.1, 0.15) is 5.82 Å². The summed E-state index contributed by atoms with van der Waals surface area (Å²) < 4.78 is 43.6. The lowest BCUT2D eigenvalue weighted by molar-refractivity contribution is 0.141. The molecule has 0 bridgehead atoms. The lowest BCUT2D eigenvalue weighted by atomic mass is 10.0. The van der Waals surface area contributed by atoms with Gasteiger partial charge in [0.15, 0.2) is 0 Å². The SMILES string of the molecule is Cc1ccc(Nc2c(NS(=O)(=O)C3(CC(CO)CO)CC3)cn(C)c(=O)c2C)c(F)c1. The monoisotopic (exact) mass is 453 g/mol. The van der Waals surface area contributed by atoms with Gasteiger partial charge >= 0.3 is 0 Å². The summed E-state index contributed by atoms with van der Waals surface area (Å²) in [6, 6.07) is 4.57. The third-order valence-electron chi connectivity index (χ3n) is 5.79. The van der Waals surface area contributed by atoms with Gasteiger partial charge in [0.05, 0.1) is 21.8 Å². The average Bonchev–Trinajstić information content (AvgIpc) is 3.50. The van der Waals surface area contributed by atoms with Crippen molar-refractivity contribution in [2.45, 2.75) is 37.9 Å². The van der Waals surface area contributed by atoms with Gasteiger partial charge in [-0.05, 0) is 50.8 Å². The number of aromatic nitrogens is 1. The van der Waals surface area contributed by atoms with Crippen LogP contribution in [0.25, 0.3) is 0 Å². The Kier molecular flexibility index (Phi) is 6.45. The van der Waals surface area contributed by atoms with E-state index in [1.165, 1.54) is 36.9 Å². The van der Waals surface area contributed by atoms with Crippen LogP contribution in [0.2, 0.25) is 0 Å². The molecule has 1 aliphatic carbocycles. The van der Waals surface area contributed by atoms with Crippen molar-refractivity contribution in [1.82, 2.24) is 4.57 Å². The van der Waals surface area contributed by atoms with E-state index >= 15 is 0 Å². The number of aryl methyl sites for hydroxylation is 2. The molecule has 0 atom stereocenters. The quantitative estimate of drug-likeness (QED) is 0.462. The van der Waals surface area contributed by atoms with Crippen molar-refractivity contribution >= 4 is 27.1 Å². The maximum absolute atomic E-state index is 14.4. The van der Waals surface area contributed by atoms with Crippen LogP contribution in [-0.4, -0.2) is 41.2 Å². The van der Waals surface area contributed by atoms with E-state index < -0.39 is 26.5 Å². The van der Waals surface area contributed by atoms with Gasteiger partial charge in [-0.15, -0.1) is 0 Å². The number of hydrogen-bond donors (Lipinski definition) is 4. The van der Waals surface area contributed by atoms with Crippen LogP contribution in [0, 0.1) is 25.6 Å². The molecule has 4 N–H and O–H groups in total. The molecule has 0 amide bonds. The van der Waals surface area contributed by atoms with Gasteiger partial charge in [-0.25, -0.2) is 12.8 Å². The minimum atomic E-state index is -3.92. The first-order chi connectivity index (χ1) is 14.5. The predicted molar refractivity (Wildman–Crippen MR) is 118 cm³/mol. The molecule has 0 unspecified atom stereocenters. The van der Waals surface area contributed by atoms with Crippen molar-refractivity contribution in [1.29, 1.82) is 0 Å². The molecule has 170 valence electrons. The fourth-order valence-electron chi connectivity index (χ4n) is 3.67. The van der Waals surface area contributed by atoms with Crippen LogP contribution in [0.1, 0.15) is 30.4 Å². The molecule has 0 radical (unpaired) electrons. The van der Waals surface area contributed by atoms with E-state index in [-0.39, 0.29) is 47.8 Å². The Bertz CT molecular complexity index is 1140. The zero-order valence-electron chi connectivity index (χ0n) is 17.8. The van der Waals surface area contributed by atoms with Gasteiger partial charge in [0.25, 0.3) is 5.56 Å². The molecular formula is C21H28FN3O5S. The fraction of sp³-hybridized carbons (Fsp3) is 0.476. The van der Waals surface area contributed by atoms with Crippen LogP contribution in [-0.2, 0) is 17.1 Å². The first-order valence-corrected chi connectivity index (χ1v) is 11.5. The van der Waals surface area contributed by atoms with Crippen molar-refractivity contribution < 1.29 is 23.0 Å². The highest BCUT2D eigenvalue weighted by Crippen LogP contribution is 2.49. The lowest BCUT2D eigenvalue weighted by Crippen LogP contribution is -2.34. The van der Waals surface area contributed by atoms with Crippen LogP contribution in [0.4, 0.5) is 21.5 Å². The molecule has 0 spiro atoms. The third kappa shape index (κ3) is 4.60. The number of hydrogen-bond acceptors (Lipinski definition) is 6. The second-order valence-corrected chi connectivity index (χ2v) is 10.4. The summed E-state index contributed by atoms with van der Waals surface area (Å²) in [6.07, 6.45) is 2.28. The summed E-state index contributed by atoms with van der Waals surface area (Å²) in [7, 11) is -2.41. The maximum atomic E-state index is 14.4. The number of aliphatic hydroxyl groups excluding tert-OH is 2. The van der Waals surface area contributed by atoms with Crippen molar-refractivity contribution in [3.8, 4) is 0 Å². The summed E-state index contributed by atoms with van der Waals surface area (Å²) in [5.41, 5.74) is 1.02. The Morgan fingerprint density at radius 3 is 2.39 bits per heavy atom. The minimum absolute atomic E-state index is 0.115. The second-order valence-electron chi connectivity index (χ2n) is 8.29. The fourth-order valence-corrected chi connectivity index (χ4v) is 5.43. The molecule has 1 fully saturated rings. The van der Waals surface area contributed by atoms with Crippen LogP contribution in [0.5, 0.6) is 0 Å². The Hall–Kier alpha value is -2.43. The Balaban J connectivity index is 2.00. The van der Waals surface area contributed by atoms with E-state index in [0.717, 1.165) is 5.56 Å². The second kappa shape index (κ2) is 8.60. The normalized spacial score (nSPS) is 15.2. The summed E-state index contributed by atoms with van der Waals surface area (Å²) in [4.78, 5) is 12.5. The van der Waals surface area contributed by atoms with Gasteiger partial charge in [-0.3, -0.25) is 9.52 Å². The topological polar surface area (TPSA) is 121 Å².